The molecule has 0 saturated carbocycles. The number of hydrogen-bond acceptors (Lipinski definition) is 8. The number of allylic oxidation sites excluding steroid dienone is 1. The van der Waals surface area contributed by atoms with Crippen molar-refractivity contribution >= 4 is 35.5 Å². The van der Waals surface area contributed by atoms with Gasteiger partial charge < -0.3 is 24.8 Å². The van der Waals surface area contributed by atoms with Gasteiger partial charge >= 0.3 is 12.0 Å². The van der Waals surface area contributed by atoms with Crippen LogP contribution in [0.1, 0.15) is 35.9 Å². The first-order chi connectivity index (χ1) is 16.3. The molecule has 0 bridgehead atoms. The zero-order valence-corrected chi connectivity index (χ0v) is 20.1. The van der Waals surface area contributed by atoms with Crippen molar-refractivity contribution in [3.63, 3.8) is 0 Å². The normalized spacial score (nSPS) is 15.5. The maximum atomic E-state index is 12.5. The molecule has 0 saturated heterocycles. The van der Waals surface area contributed by atoms with Crippen LogP contribution in [0.25, 0.3) is 0 Å². The average Bonchev–Trinajstić information content (AvgIpc) is 3.21. The number of carbonyl (C=O) groups is 3. The minimum absolute atomic E-state index is 0.200. The molecule has 10 nitrogen and oxygen atoms in total. The Bertz CT molecular complexity index is 1140. The van der Waals surface area contributed by atoms with Gasteiger partial charge in [0.15, 0.2) is 18.1 Å². The smallest absolute Gasteiger partial charge is 0.338 e. The Balaban J connectivity index is 1.71. The van der Waals surface area contributed by atoms with Crippen molar-refractivity contribution in [3.05, 3.63) is 56.9 Å². The summed E-state index contributed by atoms with van der Waals surface area (Å²) in [7, 11) is 1.45. The molecule has 0 aliphatic carbocycles. The number of nitrogens with zero attached hydrogens (tertiary/aromatic N) is 1. The molecule has 0 fully saturated rings. The standard InChI is InChI=1S/C23H26N4O6S/c1-5-32-22(29)20-14(3)25-23(30)26-21(20)15-6-7-16(17(10-15)31-4)33-12-19(28)27-24-11-18-13(2)8-9-34-18/h6-11,21H,5,12H2,1-4H3,(H,27,28)(H2,25,26,30)/b24-11-/t21-/m1/s1. The second kappa shape index (κ2) is 11.3. The monoisotopic (exact) mass is 486 g/mol. The van der Waals surface area contributed by atoms with Gasteiger partial charge in [-0.1, -0.05) is 6.07 Å². The highest BCUT2D eigenvalue weighted by molar-refractivity contribution is 7.11. The number of methoxy groups -OCH3 is 1. The summed E-state index contributed by atoms with van der Waals surface area (Å²) in [5.74, 6) is -0.327. The number of nitrogens with one attached hydrogen (secondary N) is 3. The molecule has 11 heteroatoms. The molecule has 180 valence electrons. The predicted octanol–water partition coefficient (Wildman–Crippen LogP) is 2.79. The van der Waals surface area contributed by atoms with Gasteiger partial charge in [-0.25, -0.2) is 15.0 Å². The van der Waals surface area contributed by atoms with Crippen LogP contribution in [-0.4, -0.2) is 44.4 Å². The topological polar surface area (TPSA) is 127 Å². The number of thiophene rings is 1. The Morgan fingerprint density at radius 1 is 1.24 bits per heavy atom. The van der Waals surface area contributed by atoms with Crippen molar-refractivity contribution in [1.82, 2.24) is 16.1 Å². The van der Waals surface area contributed by atoms with E-state index in [1.54, 1.807) is 38.3 Å². The summed E-state index contributed by atoms with van der Waals surface area (Å²) in [6, 6.07) is 5.70. The number of ether oxygens (including phenoxy) is 3. The first kappa shape index (κ1) is 24.8. The summed E-state index contributed by atoms with van der Waals surface area (Å²) >= 11 is 1.52. The zero-order valence-electron chi connectivity index (χ0n) is 19.3. The van der Waals surface area contributed by atoms with Gasteiger partial charge in [-0.2, -0.15) is 5.10 Å². The molecule has 1 aromatic heterocycles. The van der Waals surface area contributed by atoms with Crippen LogP contribution in [0.5, 0.6) is 11.5 Å². The Labute approximate surface area is 201 Å². The van der Waals surface area contributed by atoms with Gasteiger partial charge in [0.05, 0.1) is 31.5 Å². The first-order valence-electron chi connectivity index (χ1n) is 10.5. The van der Waals surface area contributed by atoms with E-state index < -0.39 is 23.9 Å². The van der Waals surface area contributed by atoms with E-state index in [0.717, 1.165) is 10.4 Å². The van der Waals surface area contributed by atoms with E-state index >= 15 is 0 Å². The Kier molecular flexibility index (Phi) is 8.25. The molecule has 1 aromatic carbocycles. The van der Waals surface area contributed by atoms with E-state index in [2.05, 4.69) is 21.2 Å². The molecule has 0 radical (unpaired) electrons. The molecule has 2 aromatic rings. The fraction of sp³-hybridized carbons (Fsp3) is 0.304. The van der Waals surface area contributed by atoms with Gasteiger partial charge in [0, 0.05) is 10.6 Å². The fourth-order valence-electron chi connectivity index (χ4n) is 3.26. The van der Waals surface area contributed by atoms with Crippen molar-refractivity contribution in [1.29, 1.82) is 0 Å². The number of benzene rings is 1. The van der Waals surface area contributed by atoms with Crippen LogP contribution in [0.3, 0.4) is 0 Å². The number of esters is 1. The largest absolute Gasteiger partial charge is 0.493 e. The molecule has 3 rings (SSSR count). The van der Waals surface area contributed by atoms with Crippen molar-refractivity contribution < 1.29 is 28.6 Å². The number of hydrazone groups is 1. The molecule has 1 aliphatic heterocycles. The lowest BCUT2D eigenvalue weighted by molar-refractivity contribution is -0.139. The van der Waals surface area contributed by atoms with Crippen LogP contribution in [0.4, 0.5) is 4.79 Å². The SMILES string of the molecule is CCOC(=O)C1=C(C)NC(=O)N[C@@H]1c1ccc(OCC(=O)N/N=C\c2sccc2C)c(OC)c1. The molecule has 3 N–H and O–H groups in total. The Morgan fingerprint density at radius 2 is 2.03 bits per heavy atom. The van der Waals surface area contributed by atoms with E-state index in [1.807, 2.05) is 18.4 Å². The van der Waals surface area contributed by atoms with Crippen molar-refractivity contribution in [3.8, 4) is 11.5 Å². The minimum atomic E-state index is -0.742. The summed E-state index contributed by atoms with van der Waals surface area (Å²) in [5.41, 5.74) is 4.77. The highest BCUT2D eigenvalue weighted by Crippen LogP contribution is 2.34. The molecule has 3 amide bonds. The molecule has 1 atom stereocenters. The van der Waals surface area contributed by atoms with Gasteiger partial charge in [0.2, 0.25) is 0 Å². The highest BCUT2D eigenvalue weighted by atomic mass is 32.1. The molecule has 0 spiro atoms. The third-order valence-electron chi connectivity index (χ3n) is 4.92. The number of carbonyl (C=O) groups excluding carboxylic acids is 3. The van der Waals surface area contributed by atoms with Gasteiger partial charge in [0.25, 0.3) is 5.91 Å². The predicted molar refractivity (Wildman–Crippen MR) is 127 cm³/mol. The lowest BCUT2D eigenvalue weighted by Gasteiger charge is -2.28. The van der Waals surface area contributed by atoms with Crippen LogP contribution in [-0.2, 0) is 14.3 Å². The van der Waals surface area contributed by atoms with Crippen molar-refractivity contribution in [2.24, 2.45) is 5.10 Å². The molecule has 34 heavy (non-hydrogen) atoms. The van der Waals surface area contributed by atoms with Crippen molar-refractivity contribution in [2.45, 2.75) is 26.8 Å². The van der Waals surface area contributed by atoms with Crippen LogP contribution < -0.4 is 25.5 Å². The second-order valence-electron chi connectivity index (χ2n) is 7.25. The summed E-state index contributed by atoms with van der Waals surface area (Å²) in [4.78, 5) is 37.6. The minimum Gasteiger partial charge on any atom is -0.493 e. The Morgan fingerprint density at radius 3 is 2.71 bits per heavy atom. The lowest BCUT2D eigenvalue weighted by atomic mass is 9.95. The number of amides is 3. The van der Waals surface area contributed by atoms with Gasteiger partial charge in [-0.15, -0.1) is 11.3 Å². The molecule has 2 heterocycles. The molecular weight excluding hydrogens is 460 g/mol. The van der Waals surface area contributed by atoms with Gasteiger partial charge in [0.1, 0.15) is 0 Å². The third kappa shape index (κ3) is 5.93. The molecule has 0 unspecified atom stereocenters. The Hall–Kier alpha value is -3.86. The highest BCUT2D eigenvalue weighted by Gasteiger charge is 2.32. The third-order valence-corrected chi connectivity index (χ3v) is 5.87. The number of urea groups is 1. The van der Waals surface area contributed by atoms with Crippen LogP contribution in [0.2, 0.25) is 0 Å². The van der Waals surface area contributed by atoms with E-state index in [9.17, 15) is 14.4 Å². The maximum absolute atomic E-state index is 12.5. The van der Waals surface area contributed by atoms with Crippen LogP contribution in [0, 0.1) is 6.92 Å². The maximum Gasteiger partial charge on any atom is 0.338 e. The molecular formula is C23H26N4O6S. The summed E-state index contributed by atoms with van der Waals surface area (Å²) in [5, 5.41) is 11.2. The van der Waals surface area contributed by atoms with Gasteiger partial charge in [-0.05, 0) is 55.5 Å². The summed E-state index contributed by atoms with van der Waals surface area (Å²) in [6.45, 7) is 5.21. The zero-order chi connectivity index (χ0) is 24.7. The van der Waals surface area contributed by atoms with Crippen molar-refractivity contribution in [2.75, 3.05) is 20.3 Å². The number of rotatable bonds is 9. The van der Waals surface area contributed by atoms with E-state index in [1.165, 1.54) is 18.4 Å². The van der Waals surface area contributed by atoms with Crippen LogP contribution in [0.15, 0.2) is 46.0 Å². The fourth-order valence-corrected chi connectivity index (χ4v) is 4.05. The average molecular weight is 487 g/mol. The van der Waals surface area contributed by atoms with E-state index in [0.29, 0.717) is 22.8 Å². The first-order valence-corrected chi connectivity index (χ1v) is 11.3. The van der Waals surface area contributed by atoms with Gasteiger partial charge in [-0.3, -0.25) is 4.79 Å². The number of aryl methyl sites for hydroxylation is 1. The lowest BCUT2D eigenvalue weighted by Crippen LogP contribution is -2.45. The molecule has 1 aliphatic rings. The quantitative estimate of drug-likeness (QED) is 0.284. The van der Waals surface area contributed by atoms with E-state index in [-0.39, 0.29) is 18.8 Å². The second-order valence-corrected chi connectivity index (χ2v) is 8.20. The summed E-state index contributed by atoms with van der Waals surface area (Å²) in [6.07, 6.45) is 1.58. The van der Waals surface area contributed by atoms with E-state index in [4.69, 9.17) is 14.2 Å². The number of hydrogen-bond donors (Lipinski definition) is 3. The summed E-state index contributed by atoms with van der Waals surface area (Å²) < 4.78 is 16.1. The van der Waals surface area contributed by atoms with Crippen LogP contribution >= 0.6 is 11.3 Å².